The second-order valence-electron chi connectivity index (χ2n) is 6.24. The molecule has 20 heavy (non-hydrogen) atoms. The quantitative estimate of drug-likeness (QED) is 0.897. The second-order valence-corrected chi connectivity index (χ2v) is 6.24. The molecular weight excluding hydrogens is 248 g/mol. The van der Waals surface area contributed by atoms with Crippen molar-refractivity contribution in [3.63, 3.8) is 0 Å². The summed E-state index contributed by atoms with van der Waals surface area (Å²) >= 11 is 0. The summed E-state index contributed by atoms with van der Waals surface area (Å²) < 4.78 is 5.77. The highest BCUT2D eigenvalue weighted by Crippen LogP contribution is 2.28. The van der Waals surface area contributed by atoms with Crippen molar-refractivity contribution >= 4 is 0 Å². The van der Waals surface area contributed by atoms with Crippen LogP contribution in [0, 0.1) is 11.8 Å². The minimum Gasteiger partial charge on any atom is -0.494 e. The van der Waals surface area contributed by atoms with Gasteiger partial charge in [-0.2, -0.15) is 0 Å². The van der Waals surface area contributed by atoms with Crippen molar-refractivity contribution in [1.29, 1.82) is 0 Å². The summed E-state index contributed by atoms with van der Waals surface area (Å²) in [6.07, 6.45) is 0. The van der Waals surface area contributed by atoms with Crippen LogP contribution < -0.4 is 10.5 Å². The Morgan fingerprint density at radius 2 is 1.95 bits per heavy atom. The topological polar surface area (TPSA) is 38.5 Å². The Hall–Kier alpha value is -1.06. The number of nitrogens with two attached hydrogens (primary N) is 1. The predicted octanol–water partition coefficient (Wildman–Crippen LogP) is 3.19. The van der Waals surface area contributed by atoms with Crippen molar-refractivity contribution in [3.8, 4) is 5.75 Å². The fourth-order valence-electron chi connectivity index (χ4n) is 2.92. The lowest BCUT2D eigenvalue weighted by Gasteiger charge is -2.19. The van der Waals surface area contributed by atoms with Gasteiger partial charge in [-0.25, -0.2) is 0 Å². The zero-order valence-electron chi connectivity index (χ0n) is 13.2. The van der Waals surface area contributed by atoms with Crippen molar-refractivity contribution < 1.29 is 4.74 Å². The van der Waals surface area contributed by atoms with Crippen molar-refractivity contribution in [2.75, 3.05) is 19.7 Å². The molecule has 0 aliphatic carbocycles. The van der Waals surface area contributed by atoms with E-state index < -0.39 is 0 Å². The van der Waals surface area contributed by atoms with Crippen LogP contribution in [0.5, 0.6) is 5.75 Å². The molecule has 3 nitrogen and oxygen atoms in total. The maximum atomic E-state index is 6.00. The lowest BCUT2D eigenvalue weighted by Crippen LogP contribution is -2.21. The molecule has 1 aliphatic heterocycles. The predicted molar refractivity (Wildman–Crippen MR) is 83.8 cm³/mol. The zero-order chi connectivity index (χ0) is 14.7. The molecule has 1 heterocycles. The largest absolute Gasteiger partial charge is 0.494 e. The average molecular weight is 276 g/mol. The smallest absolute Gasteiger partial charge is 0.123 e. The van der Waals surface area contributed by atoms with Gasteiger partial charge in [0.15, 0.2) is 0 Å². The fourth-order valence-corrected chi connectivity index (χ4v) is 2.92. The summed E-state index contributed by atoms with van der Waals surface area (Å²) in [5.41, 5.74) is 8.46. The Labute approximate surface area is 123 Å². The van der Waals surface area contributed by atoms with Crippen LogP contribution in [0.1, 0.15) is 44.9 Å². The van der Waals surface area contributed by atoms with Gasteiger partial charge in [0.25, 0.3) is 0 Å². The lowest BCUT2D eigenvalue weighted by atomic mass is 10.0. The third kappa shape index (κ3) is 3.53. The molecule has 1 aliphatic rings. The Bertz CT molecular complexity index is 435. The van der Waals surface area contributed by atoms with Crippen LogP contribution in [-0.4, -0.2) is 24.6 Å². The molecule has 0 spiro atoms. The summed E-state index contributed by atoms with van der Waals surface area (Å²) in [6, 6.07) is 6.43. The molecule has 0 radical (unpaired) electrons. The monoisotopic (exact) mass is 276 g/mol. The molecule has 1 saturated heterocycles. The van der Waals surface area contributed by atoms with E-state index in [1.807, 2.05) is 13.8 Å². The SMILES string of the molecule is CCOc1ccc(C(C)N)cc1CN1CC(C)C(C)C1. The maximum absolute atomic E-state index is 6.00. The van der Waals surface area contributed by atoms with Gasteiger partial charge in [-0.15, -0.1) is 0 Å². The van der Waals surface area contributed by atoms with E-state index in [1.54, 1.807) is 0 Å². The van der Waals surface area contributed by atoms with Crippen LogP contribution in [-0.2, 0) is 6.54 Å². The Morgan fingerprint density at radius 1 is 1.30 bits per heavy atom. The molecule has 0 aromatic heterocycles. The van der Waals surface area contributed by atoms with Gasteiger partial charge in [0, 0.05) is 31.2 Å². The van der Waals surface area contributed by atoms with E-state index in [-0.39, 0.29) is 6.04 Å². The first-order chi connectivity index (χ1) is 9.51. The summed E-state index contributed by atoms with van der Waals surface area (Å²) in [4.78, 5) is 2.53. The van der Waals surface area contributed by atoms with Crippen molar-refractivity contribution in [1.82, 2.24) is 4.90 Å². The first kappa shape index (κ1) is 15.3. The third-order valence-electron chi connectivity index (χ3n) is 4.37. The van der Waals surface area contributed by atoms with Gasteiger partial charge >= 0.3 is 0 Å². The normalized spacial score (nSPS) is 24.9. The molecule has 1 aromatic rings. The number of nitrogens with zero attached hydrogens (tertiary/aromatic N) is 1. The van der Waals surface area contributed by atoms with Gasteiger partial charge in [0.2, 0.25) is 0 Å². The Balaban J connectivity index is 2.17. The van der Waals surface area contributed by atoms with Crippen LogP contribution in [0.25, 0.3) is 0 Å². The number of ether oxygens (including phenoxy) is 1. The third-order valence-corrected chi connectivity index (χ3v) is 4.37. The number of hydrogen-bond acceptors (Lipinski definition) is 3. The molecule has 2 N–H and O–H groups in total. The summed E-state index contributed by atoms with van der Waals surface area (Å²) in [6.45, 7) is 12.8. The summed E-state index contributed by atoms with van der Waals surface area (Å²) in [5.74, 6) is 2.56. The van der Waals surface area contributed by atoms with E-state index in [9.17, 15) is 0 Å². The first-order valence-electron chi connectivity index (χ1n) is 7.74. The molecule has 0 amide bonds. The molecule has 3 heteroatoms. The van der Waals surface area contributed by atoms with Crippen molar-refractivity contribution in [2.45, 2.75) is 40.3 Å². The average Bonchev–Trinajstić information content (AvgIpc) is 2.70. The van der Waals surface area contributed by atoms with Gasteiger partial charge in [0.05, 0.1) is 6.61 Å². The fraction of sp³-hybridized carbons (Fsp3) is 0.647. The van der Waals surface area contributed by atoms with Gasteiger partial charge < -0.3 is 10.5 Å². The van der Waals surface area contributed by atoms with E-state index in [0.29, 0.717) is 6.61 Å². The minimum absolute atomic E-state index is 0.0702. The van der Waals surface area contributed by atoms with Gasteiger partial charge in [0.1, 0.15) is 5.75 Å². The van der Waals surface area contributed by atoms with Crippen LogP contribution >= 0.6 is 0 Å². The highest BCUT2D eigenvalue weighted by Gasteiger charge is 2.26. The molecule has 3 unspecified atom stereocenters. The summed E-state index contributed by atoms with van der Waals surface area (Å²) in [5, 5.41) is 0. The first-order valence-corrected chi connectivity index (χ1v) is 7.74. The second kappa shape index (κ2) is 6.59. The molecular formula is C17H28N2O. The number of hydrogen-bond donors (Lipinski definition) is 1. The molecule has 1 aromatic carbocycles. The standard InChI is InChI=1S/C17H28N2O/c1-5-20-17-7-6-15(14(4)18)8-16(17)11-19-9-12(2)13(3)10-19/h6-8,12-14H,5,9-11,18H2,1-4H3. The number of likely N-dealkylation sites (tertiary alicyclic amines) is 1. The minimum atomic E-state index is 0.0702. The lowest BCUT2D eigenvalue weighted by molar-refractivity contribution is 0.296. The molecule has 2 rings (SSSR count). The highest BCUT2D eigenvalue weighted by atomic mass is 16.5. The molecule has 0 saturated carbocycles. The van der Waals surface area contributed by atoms with Gasteiger partial charge in [-0.05, 0) is 43.4 Å². The molecule has 1 fully saturated rings. The molecule has 112 valence electrons. The van der Waals surface area contributed by atoms with E-state index in [2.05, 4.69) is 36.9 Å². The zero-order valence-corrected chi connectivity index (χ0v) is 13.2. The summed E-state index contributed by atoms with van der Waals surface area (Å²) in [7, 11) is 0. The van der Waals surface area contributed by atoms with Crippen molar-refractivity contribution in [2.24, 2.45) is 17.6 Å². The van der Waals surface area contributed by atoms with Crippen LogP contribution in [0.4, 0.5) is 0 Å². The van der Waals surface area contributed by atoms with Crippen LogP contribution in [0.2, 0.25) is 0 Å². The maximum Gasteiger partial charge on any atom is 0.123 e. The van der Waals surface area contributed by atoms with Gasteiger partial charge in [-0.1, -0.05) is 19.9 Å². The van der Waals surface area contributed by atoms with Crippen molar-refractivity contribution in [3.05, 3.63) is 29.3 Å². The Kier molecular flexibility index (Phi) is 5.06. The van der Waals surface area contributed by atoms with Crippen LogP contribution in [0.15, 0.2) is 18.2 Å². The Morgan fingerprint density at radius 3 is 2.50 bits per heavy atom. The molecule has 3 atom stereocenters. The number of benzene rings is 1. The van der Waals surface area contributed by atoms with Gasteiger partial charge in [-0.3, -0.25) is 4.90 Å². The number of rotatable bonds is 5. The van der Waals surface area contributed by atoms with E-state index in [4.69, 9.17) is 10.5 Å². The van der Waals surface area contributed by atoms with Crippen LogP contribution in [0.3, 0.4) is 0 Å². The van der Waals surface area contributed by atoms with E-state index in [0.717, 1.165) is 24.1 Å². The highest BCUT2D eigenvalue weighted by molar-refractivity contribution is 5.38. The molecule has 0 bridgehead atoms. The van der Waals surface area contributed by atoms with E-state index >= 15 is 0 Å². The van der Waals surface area contributed by atoms with E-state index in [1.165, 1.54) is 24.2 Å².